The van der Waals surface area contributed by atoms with E-state index < -0.39 is 17.7 Å². The molecule has 0 spiro atoms. The highest BCUT2D eigenvalue weighted by atomic mass is 19.1. The molecule has 0 radical (unpaired) electrons. The molecule has 0 saturated carbocycles. The quantitative estimate of drug-likeness (QED) is 0.385. The van der Waals surface area contributed by atoms with Gasteiger partial charge >= 0.3 is 5.97 Å². The number of hydrogen-bond donors (Lipinski definition) is 2. The number of anilines is 1. The predicted octanol–water partition coefficient (Wildman–Crippen LogP) is 4.66. The van der Waals surface area contributed by atoms with E-state index in [0.717, 1.165) is 5.56 Å². The molecule has 0 bridgehead atoms. The molecule has 3 aromatic carbocycles. The first-order chi connectivity index (χ1) is 15.9. The highest BCUT2D eigenvalue weighted by Crippen LogP contribution is 2.30. The molecule has 0 fully saturated rings. The fourth-order valence-electron chi connectivity index (χ4n) is 2.84. The molecule has 0 aliphatic rings. The van der Waals surface area contributed by atoms with Gasteiger partial charge in [0.1, 0.15) is 24.1 Å². The summed E-state index contributed by atoms with van der Waals surface area (Å²) in [5.74, 6) is -1.24. The summed E-state index contributed by atoms with van der Waals surface area (Å²) in [6.45, 7) is 0.189. The lowest BCUT2D eigenvalue weighted by Gasteiger charge is -2.12. The number of carbonyl (C=O) groups excluding carboxylic acids is 1. The van der Waals surface area contributed by atoms with Crippen molar-refractivity contribution in [3.8, 4) is 17.6 Å². The lowest BCUT2D eigenvalue weighted by molar-refractivity contribution is -0.112. The second kappa shape index (κ2) is 10.6. The van der Waals surface area contributed by atoms with Crippen LogP contribution >= 0.6 is 0 Å². The molecule has 1 amide bonds. The number of rotatable bonds is 8. The van der Waals surface area contributed by atoms with E-state index in [1.54, 1.807) is 30.3 Å². The Balaban J connectivity index is 1.72. The van der Waals surface area contributed by atoms with Crippen LogP contribution in [0.3, 0.4) is 0 Å². The van der Waals surface area contributed by atoms with E-state index in [2.05, 4.69) is 5.32 Å². The van der Waals surface area contributed by atoms with E-state index in [-0.39, 0.29) is 17.7 Å². The van der Waals surface area contributed by atoms with E-state index in [1.165, 1.54) is 49.6 Å². The minimum absolute atomic E-state index is 0.145. The van der Waals surface area contributed by atoms with Crippen molar-refractivity contribution < 1.29 is 28.6 Å². The number of hydrogen-bond acceptors (Lipinski definition) is 5. The molecular weight excluding hydrogens is 427 g/mol. The van der Waals surface area contributed by atoms with Crippen molar-refractivity contribution >= 4 is 23.6 Å². The molecule has 0 saturated heterocycles. The number of ether oxygens (including phenoxy) is 2. The predicted molar refractivity (Wildman–Crippen MR) is 119 cm³/mol. The van der Waals surface area contributed by atoms with Gasteiger partial charge in [0.2, 0.25) is 0 Å². The maximum Gasteiger partial charge on any atom is 0.335 e. The number of halogens is 1. The highest BCUT2D eigenvalue weighted by molar-refractivity contribution is 6.09. The van der Waals surface area contributed by atoms with Crippen LogP contribution in [0.15, 0.2) is 72.3 Å². The van der Waals surface area contributed by atoms with Crippen LogP contribution in [-0.4, -0.2) is 24.1 Å². The standard InChI is InChI=1S/C25H19FN2O5/c1-32-23-13-17(12-19(14-27)24(29)28-21-9-7-20(26)8-10-21)4-11-22(23)33-15-16-2-5-18(6-3-16)25(30)31/h2-13H,15H2,1H3,(H,28,29)(H,30,31)/b19-12+. The number of benzene rings is 3. The van der Waals surface area contributed by atoms with Crippen LogP contribution in [0.2, 0.25) is 0 Å². The third kappa shape index (κ3) is 6.18. The van der Waals surface area contributed by atoms with E-state index in [4.69, 9.17) is 14.6 Å². The molecule has 0 atom stereocenters. The first-order valence-electron chi connectivity index (χ1n) is 9.71. The minimum Gasteiger partial charge on any atom is -0.493 e. The van der Waals surface area contributed by atoms with Crippen molar-refractivity contribution in [2.45, 2.75) is 6.61 Å². The summed E-state index contributed by atoms with van der Waals surface area (Å²) < 4.78 is 24.1. The number of nitrogens with zero attached hydrogens (tertiary/aromatic N) is 1. The number of methoxy groups -OCH3 is 1. The average Bonchev–Trinajstić information content (AvgIpc) is 2.83. The summed E-state index contributed by atoms with van der Waals surface area (Å²) >= 11 is 0. The third-order valence-electron chi connectivity index (χ3n) is 4.56. The second-order valence-corrected chi connectivity index (χ2v) is 6.83. The smallest absolute Gasteiger partial charge is 0.335 e. The Bertz CT molecular complexity index is 1230. The Kier molecular flexibility index (Phi) is 7.39. The number of nitriles is 1. The molecule has 3 rings (SSSR count). The molecular formula is C25H19FN2O5. The van der Waals surface area contributed by atoms with E-state index in [9.17, 15) is 19.2 Å². The number of aromatic carboxylic acids is 1. The van der Waals surface area contributed by atoms with Crippen LogP contribution in [0.5, 0.6) is 11.5 Å². The summed E-state index contributed by atoms with van der Waals surface area (Å²) in [5.41, 5.74) is 1.71. The van der Waals surface area contributed by atoms with Crippen molar-refractivity contribution in [2.24, 2.45) is 0 Å². The molecule has 7 nitrogen and oxygen atoms in total. The van der Waals surface area contributed by atoms with Gasteiger partial charge in [-0.1, -0.05) is 18.2 Å². The molecule has 8 heteroatoms. The molecule has 3 aromatic rings. The number of amides is 1. The van der Waals surface area contributed by atoms with Crippen LogP contribution in [0, 0.1) is 17.1 Å². The van der Waals surface area contributed by atoms with Gasteiger partial charge in [0.15, 0.2) is 11.5 Å². The number of carboxylic acid groups (broad SMARTS) is 1. The van der Waals surface area contributed by atoms with Crippen LogP contribution < -0.4 is 14.8 Å². The Morgan fingerprint density at radius 3 is 2.36 bits per heavy atom. The third-order valence-corrected chi connectivity index (χ3v) is 4.56. The van der Waals surface area contributed by atoms with Gasteiger partial charge in [0, 0.05) is 5.69 Å². The molecule has 0 aromatic heterocycles. The number of nitrogens with one attached hydrogen (secondary N) is 1. The summed E-state index contributed by atoms with van der Waals surface area (Å²) in [6, 6.07) is 18.3. The van der Waals surface area contributed by atoms with E-state index in [0.29, 0.717) is 22.7 Å². The van der Waals surface area contributed by atoms with Crippen molar-refractivity contribution in [3.63, 3.8) is 0 Å². The Morgan fingerprint density at radius 2 is 1.76 bits per heavy atom. The Hall–Kier alpha value is -4.64. The second-order valence-electron chi connectivity index (χ2n) is 6.83. The first kappa shape index (κ1) is 23.0. The zero-order valence-corrected chi connectivity index (χ0v) is 17.5. The monoisotopic (exact) mass is 446 g/mol. The topological polar surface area (TPSA) is 109 Å². The molecule has 33 heavy (non-hydrogen) atoms. The van der Waals surface area contributed by atoms with Crippen LogP contribution in [0.25, 0.3) is 6.08 Å². The molecule has 0 aliphatic carbocycles. The van der Waals surface area contributed by atoms with Crippen molar-refractivity contribution in [1.82, 2.24) is 0 Å². The molecule has 0 aliphatic heterocycles. The lowest BCUT2D eigenvalue weighted by Crippen LogP contribution is -2.13. The van der Waals surface area contributed by atoms with Crippen LogP contribution in [0.1, 0.15) is 21.5 Å². The summed E-state index contributed by atoms with van der Waals surface area (Å²) in [7, 11) is 1.46. The van der Waals surface area contributed by atoms with Crippen LogP contribution in [-0.2, 0) is 11.4 Å². The highest BCUT2D eigenvalue weighted by Gasteiger charge is 2.12. The van der Waals surface area contributed by atoms with Gasteiger partial charge in [-0.2, -0.15) is 5.26 Å². The van der Waals surface area contributed by atoms with Gasteiger partial charge in [-0.25, -0.2) is 9.18 Å². The maximum atomic E-state index is 13.0. The average molecular weight is 446 g/mol. The van der Waals surface area contributed by atoms with E-state index in [1.807, 2.05) is 6.07 Å². The maximum absolute atomic E-state index is 13.0. The van der Waals surface area contributed by atoms with Crippen LogP contribution in [0.4, 0.5) is 10.1 Å². The van der Waals surface area contributed by atoms with Crippen molar-refractivity contribution in [3.05, 3.63) is 94.8 Å². The van der Waals surface area contributed by atoms with Gasteiger partial charge < -0.3 is 19.9 Å². The fourth-order valence-corrected chi connectivity index (χ4v) is 2.84. The Labute approximate surface area is 189 Å². The number of carboxylic acids is 1. The molecule has 2 N–H and O–H groups in total. The van der Waals surface area contributed by atoms with Crippen molar-refractivity contribution in [2.75, 3.05) is 12.4 Å². The van der Waals surface area contributed by atoms with Gasteiger partial charge in [0.05, 0.1) is 12.7 Å². The minimum atomic E-state index is -1.00. The summed E-state index contributed by atoms with van der Waals surface area (Å²) in [4.78, 5) is 23.3. The normalized spacial score (nSPS) is 10.8. The van der Waals surface area contributed by atoms with Crippen molar-refractivity contribution in [1.29, 1.82) is 5.26 Å². The molecule has 0 unspecified atom stereocenters. The molecule has 166 valence electrons. The first-order valence-corrected chi connectivity index (χ1v) is 9.71. The SMILES string of the molecule is COc1cc(/C=C(\C#N)C(=O)Nc2ccc(F)cc2)ccc1OCc1ccc(C(=O)O)cc1. The zero-order chi connectivity index (χ0) is 23.8. The van der Waals surface area contributed by atoms with E-state index >= 15 is 0 Å². The Morgan fingerprint density at radius 1 is 1.06 bits per heavy atom. The van der Waals surface area contributed by atoms with Gasteiger partial charge in [-0.15, -0.1) is 0 Å². The largest absolute Gasteiger partial charge is 0.493 e. The summed E-state index contributed by atoms with van der Waals surface area (Å²) in [6.07, 6.45) is 1.40. The fraction of sp³-hybridized carbons (Fsp3) is 0.0800. The zero-order valence-electron chi connectivity index (χ0n) is 17.5. The van der Waals surface area contributed by atoms with Gasteiger partial charge in [-0.3, -0.25) is 4.79 Å². The number of carbonyl (C=O) groups is 2. The lowest BCUT2D eigenvalue weighted by atomic mass is 10.1. The molecule has 0 heterocycles. The summed E-state index contributed by atoms with van der Waals surface area (Å²) in [5, 5.41) is 20.9. The van der Waals surface area contributed by atoms with Gasteiger partial charge in [-0.05, 0) is 65.7 Å². The van der Waals surface area contributed by atoms with Gasteiger partial charge in [0.25, 0.3) is 5.91 Å².